The summed E-state index contributed by atoms with van der Waals surface area (Å²) in [7, 11) is 0. The van der Waals surface area contributed by atoms with E-state index < -0.39 is 6.04 Å². The molecule has 1 atom stereocenters. The van der Waals surface area contributed by atoms with Gasteiger partial charge >= 0.3 is 0 Å². The number of carbonyl (C=O) groups excluding carboxylic acids is 1. The summed E-state index contributed by atoms with van der Waals surface area (Å²) in [4.78, 5) is 14.9. The first-order chi connectivity index (χ1) is 13.6. The van der Waals surface area contributed by atoms with Crippen molar-refractivity contribution >= 4 is 46.9 Å². The van der Waals surface area contributed by atoms with Crippen LogP contribution in [0, 0.1) is 4.77 Å². The Bertz CT molecular complexity index is 1060. The number of benzene rings is 1. The van der Waals surface area contributed by atoms with Gasteiger partial charge in [-0.25, -0.2) is 0 Å². The van der Waals surface area contributed by atoms with Crippen molar-refractivity contribution in [3.63, 3.8) is 0 Å². The van der Waals surface area contributed by atoms with Crippen molar-refractivity contribution in [1.82, 2.24) is 14.8 Å². The third-order valence-corrected chi connectivity index (χ3v) is 6.27. The van der Waals surface area contributed by atoms with Gasteiger partial charge in [-0.15, -0.1) is 23.1 Å². The minimum atomic E-state index is -0.550. The number of nitrogens with one attached hydrogen (secondary N) is 2. The molecular formula is C18H18N4O3S3. The summed E-state index contributed by atoms with van der Waals surface area (Å²) in [6.45, 7) is 2.81. The van der Waals surface area contributed by atoms with E-state index in [-0.39, 0.29) is 5.91 Å². The van der Waals surface area contributed by atoms with Crippen LogP contribution >= 0.6 is 35.3 Å². The molecule has 0 spiro atoms. The van der Waals surface area contributed by atoms with E-state index in [2.05, 4.69) is 15.5 Å². The van der Waals surface area contributed by atoms with Gasteiger partial charge in [0.25, 0.3) is 0 Å². The highest BCUT2D eigenvalue weighted by Crippen LogP contribution is 2.39. The molecule has 1 unspecified atom stereocenters. The summed E-state index contributed by atoms with van der Waals surface area (Å²) >= 11 is 8.44. The maximum atomic E-state index is 13.0. The maximum absolute atomic E-state index is 13.0. The van der Waals surface area contributed by atoms with E-state index in [1.807, 2.05) is 29.8 Å². The van der Waals surface area contributed by atoms with Crippen molar-refractivity contribution in [1.29, 1.82) is 0 Å². The monoisotopic (exact) mass is 434 g/mol. The number of anilines is 1. The van der Waals surface area contributed by atoms with Crippen LogP contribution in [0.15, 0.2) is 34.5 Å². The number of ether oxygens (including phenoxy) is 2. The smallest absolute Gasteiger partial charge is 0.247 e. The summed E-state index contributed by atoms with van der Waals surface area (Å²) in [5.74, 6) is 1.78. The van der Waals surface area contributed by atoms with E-state index in [0.717, 1.165) is 9.77 Å². The lowest BCUT2D eigenvalue weighted by Crippen LogP contribution is -2.25. The van der Waals surface area contributed by atoms with E-state index in [0.29, 0.717) is 41.0 Å². The number of thiophene rings is 1. The number of fused-ring (bicyclic) bond motifs is 1. The van der Waals surface area contributed by atoms with Gasteiger partial charge in [0.1, 0.15) is 19.3 Å². The molecule has 28 heavy (non-hydrogen) atoms. The molecule has 1 aliphatic heterocycles. The normalized spacial score (nSPS) is 13.9. The fraction of sp³-hybridized carbons (Fsp3) is 0.278. The molecule has 2 aromatic heterocycles. The highest BCUT2D eigenvalue weighted by atomic mass is 32.2. The van der Waals surface area contributed by atoms with E-state index in [9.17, 15) is 4.79 Å². The van der Waals surface area contributed by atoms with Crippen LogP contribution in [0.5, 0.6) is 11.5 Å². The van der Waals surface area contributed by atoms with Gasteiger partial charge in [-0.1, -0.05) is 6.07 Å². The quantitative estimate of drug-likeness (QED) is 0.459. The second kappa shape index (κ2) is 7.98. The lowest BCUT2D eigenvalue weighted by Gasteiger charge is -2.22. The summed E-state index contributed by atoms with van der Waals surface area (Å²) in [6.07, 6.45) is 1.95. The van der Waals surface area contributed by atoms with Crippen molar-refractivity contribution in [2.75, 3.05) is 24.8 Å². The summed E-state index contributed by atoms with van der Waals surface area (Å²) in [5, 5.41) is 12.0. The van der Waals surface area contributed by atoms with Gasteiger partial charge in [-0.3, -0.25) is 14.5 Å². The van der Waals surface area contributed by atoms with Crippen LogP contribution in [-0.2, 0) is 4.79 Å². The van der Waals surface area contributed by atoms with Crippen LogP contribution < -0.4 is 14.8 Å². The molecule has 3 heterocycles. The summed E-state index contributed by atoms with van der Waals surface area (Å²) in [5.41, 5.74) is 0.682. The molecule has 0 radical (unpaired) electrons. The molecule has 0 saturated carbocycles. The number of hydrogen-bond donors (Lipinski definition) is 2. The Kier molecular flexibility index (Phi) is 5.42. The standard InChI is InChI=1S/C18H18N4O3S3/c1-10(22-16(20-21-18(22)26)14-4-3-7-28-14)17(23)19-11-8-12-13(9-15(11)27-2)25-6-5-24-12/h3-4,7-10H,5-6H2,1-2H3,(H,19,23)(H,21,26). The number of thioether (sulfide) groups is 1. The number of nitrogens with zero attached hydrogens (tertiary/aromatic N) is 2. The molecule has 3 aromatic rings. The number of rotatable bonds is 5. The second-order valence-corrected chi connectivity index (χ2v) is 8.24. The number of H-pyrrole nitrogens is 1. The second-order valence-electron chi connectivity index (χ2n) is 6.06. The van der Waals surface area contributed by atoms with Crippen molar-refractivity contribution < 1.29 is 14.3 Å². The molecule has 0 fully saturated rings. The predicted molar refractivity (Wildman–Crippen MR) is 113 cm³/mol. The largest absolute Gasteiger partial charge is 0.486 e. The topological polar surface area (TPSA) is 81.2 Å². The van der Waals surface area contributed by atoms with E-state index in [1.165, 1.54) is 11.8 Å². The maximum Gasteiger partial charge on any atom is 0.247 e. The minimum absolute atomic E-state index is 0.192. The van der Waals surface area contributed by atoms with Crippen molar-refractivity contribution in [2.45, 2.75) is 17.9 Å². The highest BCUT2D eigenvalue weighted by molar-refractivity contribution is 7.98. The molecule has 4 rings (SSSR count). The lowest BCUT2D eigenvalue weighted by atomic mass is 10.2. The van der Waals surface area contributed by atoms with Crippen LogP contribution in [0.4, 0.5) is 5.69 Å². The predicted octanol–water partition coefficient (Wildman–Crippen LogP) is 4.36. The van der Waals surface area contributed by atoms with Gasteiger partial charge in [-0.05, 0) is 42.9 Å². The third kappa shape index (κ3) is 3.54. The number of hydrogen-bond acceptors (Lipinski definition) is 7. The summed E-state index contributed by atoms with van der Waals surface area (Å²) in [6, 6.07) is 7.03. The van der Waals surface area contributed by atoms with Crippen LogP contribution in [0.2, 0.25) is 0 Å². The van der Waals surface area contributed by atoms with Crippen molar-refractivity contribution in [2.24, 2.45) is 0 Å². The van der Waals surface area contributed by atoms with E-state index in [4.69, 9.17) is 21.7 Å². The van der Waals surface area contributed by atoms with Crippen molar-refractivity contribution in [3.8, 4) is 22.2 Å². The number of aromatic amines is 1. The first-order valence-corrected chi connectivity index (χ1v) is 11.1. The van der Waals surface area contributed by atoms with E-state index >= 15 is 0 Å². The molecule has 0 aliphatic carbocycles. The molecule has 7 nitrogen and oxygen atoms in total. The van der Waals surface area contributed by atoms with Gasteiger partial charge < -0.3 is 14.8 Å². The average Bonchev–Trinajstić information content (AvgIpc) is 3.36. The first-order valence-electron chi connectivity index (χ1n) is 8.57. The SMILES string of the molecule is CSc1cc2c(cc1NC(=O)C(C)n1c(-c3cccs3)n[nH]c1=S)OCCO2. The zero-order valence-electron chi connectivity index (χ0n) is 15.2. The zero-order valence-corrected chi connectivity index (χ0v) is 17.7. The zero-order chi connectivity index (χ0) is 19.7. The Balaban J connectivity index is 1.63. The Labute approximate surface area is 175 Å². The van der Waals surface area contributed by atoms with Crippen molar-refractivity contribution in [3.05, 3.63) is 34.4 Å². The molecule has 10 heteroatoms. The number of aromatic nitrogens is 3. The van der Waals surface area contributed by atoms with Crippen LogP contribution in [-0.4, -0.2) is 40.1 Å². The Hall–Kier alpha value is -2.30. The van der Waals surface area contributed by atoms with E-state index in [1.54, 1.807) is 28.9 Å². The third-order valence-electron chi connectivity index (χ3n) is 4.33. The van der Waals surface area contributed by atoms with Gasteiger partial charge in [0, 0.05) is 11.0 Å². The molecule has 1 amide bonds. The molecule has 0 saturated heterocycles. The highest BCUT2D eigenvalue weighted by Gasteiger charge is 2.23. The number of amides is 1. The molecule has 0 bridgehead atoms. The van der Waals surface area contributed by atoms with Gasteiger partial charge in [0.2, 0.25) is 5.91 Å². The van der Waals surface area contributed by atoms with Gasteiger partial charge in [-0.2, -0.15) is 5.10 Å². The number of carbonyl (C=O) groups is 1. The fourth-order valence-electron chi connectivity index (χ4n) is 2.93. The molecule has 1 aliphatic rings. The molecule has 2 N–H and O–H groups in total. The molecule has 1 aromatic carbocycles. The van der Waals surface area contributed by atoms with Crippen LogP contribution in [0.1, 0.15) is 13.0 Å². The Morgan fingerprint density at radius 3 is 2.82 bits per heavy atom. The Morgan fingerprint density at radius 1 is 1.39 bits per heavy atom. The van der Waals surface area contributed by atoms with Crippen LogP contribution in [0.3, 0.4) is 0 Å². The van der Waals surface area contributed by atoms with Gasteiger partial charge in [0.15, 0.2) is 22.1 Å². The molecular weight excluding hydrogens is 416 g/mol. The Morgan fingerprint density at radius 2 is 2.14 bits per heavy atom. The average molecular weight is 435 g/mol. The van der Waals surface area contributed by atoms with Gasteiger partial charge in [0.05, 0.1) is 10.6 Å². The minimum Gasteiger partial charge on any atom is -0.486 e. The molecule has 146 valence electrons. The summed E-state index contributed by atoms with van der Waals surface area (Å²) < 4.78 is 13.4. The first kappa shape index (κ1) is 19.0. The fourth-order valence-corrected chi connectivity index (χ4v) is 4.49. The lowest BCUT2D eigenvalue weighted by molar-refractivity contribution is -0.118. The van der Waals surface area contributed by atoms with Crippen LogP contribution in [0.25, 0.3) is 10.7 Å².